The number of carbonyl (C=O) groups excluding carboxylic acids is 1. The molecule has 5 nitrogen and oxygen atoms in total. The van der Waals surface area contributed by atoms with Gasteiger partial charge in [0.2, 0.25) is 5.91 Å². The number of hydrogen-bond acceptors (Lipinski definition) is 4. The van der Waals surface area contributed by atoms with Crippen LogP contribution in [0, 0.1) is 11.8 Å². The van der Waals surface area contributed by atoms with Crippen molar-refractivity contribution in [3.8, 4) is 5.75 Å². The van der Waals surface area contributed by atoms with Crippen molar-refractivity contribution < 1.29 is 14.6 Å². The van der Waals surface area contributed by atoms with Crippen LogP contribution in [-0.4, -0.2) is 66.2 Å². The fraction of sp³-hybridized carbons (Fsp3) is 0.516. The summed E-state index contributed by atoms with van der Waals surface area (Å²) < 4.78 is 6.19. The largest absolute Gasteiger partial charge is 0.508 e. The molecule has 4 atom stereocenters. The summed E-state index contributed by atoms with van der Waals surface area (Å²) in [6, 6.07) is 13.1. The van der Waals surface area contributed by atoms with Crippen LogP contribution in [0.4, 0.5) is 0 Å². The average molecular weight is 560 g/mol. The van der Waals surface area contributed by atoms with Crippen molar-refractivity contribution in [1.82, 2.24) is 9.80 Å². The summed E-state index contributed by atoms with van der Waals surface area (Å²) >= 11 is 12.4. The SMILES string of the molecule is C=CCN1CCC2(c3cccc(O)c3)CC(N(CC(C)C)C(=O)Cc3ccc(Cl)c(Cl)c3)CC(OC)C2C1. The van der Waals surface area contributed by atoms with E-state index >= 15 is 0 Å². The minimum absolute atomic E-state index is 0.0159. The standard InChI is InChI=1S/C31H40Cl2N2O3/c1-5-12-34-13-11-31(23-7-6-8-25(36)16-23)18-24(17-29(38-4)26(31)20-34)35(19-21(2)3)30(37)15-22-9-10-27(32)28(33)14-22/h5-10,14,16,21,24,26,29,36H,1,11-13,15,17-20H2,2-4H3. The van der Waals surface area contributed by atoms with Gasteiger partial charge < -0.3 is 14.7 Å². The maximum absolute atomic E-state index is 13.9. The number of halogens is 2. The maximum Gasteiger partial charge on any atom is 0.227 e. The van der Waals surface area contributed by atoms with Crippen molar-refractivity contribution in [2.45, 2.75) is 57.1 Å². The number of amides is 1. The average Bonchev–Trinajstić information content (AvgIpc) is 2.89. The van der Waals surface area contributed by atoms with Crippen molar-refractivity contribution in [3.63, 3.8) is 0 Å². The Bertz CT molecular complexity index is 1140. The number of aromatic hydroxyl groups is 1. The second-order valence-corrected chi connectivity index (χ2v) is 12.2. The first-order valence-corrected chi connectivity index (χ1v) is 14.3. The van der Waals surface area contributed by atoms with Gasteiger partial charge in [-0.15, -0.1) is 6.58 Å². The number of rotatable bonds is 9. The Morgan fingerprint density at radius 1 is 1.26 bits per heavy atom. The molecule has 1 heterocycles. The number of hydrogen-bond donors (Lipinski definition) is 1. The Balaban J connectivity index is 1.70. The van der Waals surface area contributed by atoms with E-state index in [0.717, 1.165) is 50.0 Å². The zero-order valence-electron chi connectivity index (χ0n) is 22.7. The molecular formula is C31H40Cl2N2O3. The summed E-state index contributed by atoms with van der Waals surface area (Å²) in [5.41, 5.74) is 1.78. The molecule has 2 fully saturated rings. The predicted molar refractivity (Wildman–Crippen MR) is 155 cm³/mol. The molecule has 1 saturated carbocycles. The summed E-state index contributed by atoms with van der Waals surface area (Å²) in [4.78, 5) is 18.4. The van der Waals surface area contributed by atoms with Gasteiger partial charge in [-0.2, -0.15) is 0 Å². The lowest BCUT2D eigenvalue weighted by Crippen LogP contribution is -2.62. The molecule has 1 amide bonds. The highest BCUT2D eigenvalue weighted by Crippen LogP contribution is 2.51. The third-order valence-electron chi connectivity index (χ3n) is 8.37. The molecular weight excluding hydrogens is 519 g/mol. The third kappa shape index (κ3) is 6.22. The second kappa shape index (κ2) is 12.4. The van der Waals surface area contributed by atoms with Crippen LogP contribution in [0.5, 0.6) is 5.75 Å². The van der Waals surface area contributed by atoms with Crippen LogP contribution >= 0.6 is 23.2 Å². The van der Waals surface area contributed by atoms with Gasteiger partial charge in [-0.3, -0.25) is 9.69 Å². The normalized spacial score (nSPS) is 25.7. The first-order valence-electron chi connectivity index (χ1n) is 13.6. The van der Waals surface area contributed by atoms with Crippen LogP contribution in [0.15, 0.2) is 55.1 Å². The van der Waals surface area contributed by atoms with Crippen LogP contribution < -0.4 is 0 Å². The van der Waals surface area contributed by atoms with Gasteiger partial charge in [0, 0.05) is 44.1 Å². The number of benzene rings is 2. The van der Waals surface area contributed by atoms with E-state index in [9.17, 15) is 9.90 Å². The highest BCUT2D eigenvalue weighted by atomic mass is 35.5. The molecule has 4 rings (SSSR count). The number of phenols is 1. The van der Waals surface area contributed by atoms with E-state index in [1.165, 1.54) is 0 Å². The first kappa shape index (κ1) is 28.9. The molecule has 2 aliphatic rings. The number of phenolic OH excluding ortho intramolecular Hbond substituents is 1. The van der Waals surface area contributed by atoms with Crippen molar-refractivity contribution in [2.24, 2.45) is 11.8 Å². The zero-order valence-corrected chi connectivity index (χ0v) is 24.2. The van der Waals surface area contributed by atoms with Crippen molar-refractivity contribution in [2.75, 3.05) is 33.3 Å². The Labute approximate surface area is 237 Å². The number of methoxy groups -OCH3 is 1. The van der Waals surface area contributed by atoms with E-state index < -0.39 is 0 Å². The Kier molecular flexibility index (Phi) is 9.46. The Hall–Kier alpha value is -2.05. The van der Waals surface area contributed by atoms with Gasteiger partial charge in [-0.25, -0.2) is 0 Å². The molecule has 1 saturated heterocycles. The molecule has 1 N–H and O–H groups in total. The van der Waals surface area contributed by atoms with Crippen molar-refractivity contribution >= 4 is 29.1 Å². The number of nitrogens with zero attached hydrogens (tertiary/aromatic N) is 2. The summed E-state index contributed by atoms with van der Waals surface area (Å²) in [5.74, 6) is 0.920. The summed E-state index contributed by atoms with van der Waals surface area (Å²) in [5, 5.41) is 11.4. The summed E-state index contributed by atoms with van der Waals surface area (Å²) in [7, 11) is 1.79. The van der Waals surface area contributed by atoms with E-state index in [4.69, 9.17) is 27.9 Å². The van der Waals surface area contributed by atoms with Gasteiger partial charge in [-0.1, -0.05) is 61.3 Å². The molecule has 1 aliphatic carbocycles. The van der Waals surface area contributed by atoms with E-state index in [-0.39, 0.29) is 41.6 Å². The Morgan fingerprint density at radius 2 is 2.05 bits per heavy atom. The van der Waals surface area contributed by atoms with Crippen LogP contribution in [0.2, 0.25) is 10.0 Å². The number of likely N-dealkylation sites (tertiary alicyclic amines) is 1. The fourth-order valence-corrected chi connectivity index (χ4v) is 6.98. The van der Waals surface area contributed by atoms with Gasteiger partial charge in [-0.05, 0) is 67.1 Å². The molecule has 38 heavy (non-hydrogen) atoms. The van der Waals surface area contributed by atoms with E-state index in [1.807, 2.05) is 24.3 Å². The highest BCUT2D eigenvalue weighted by molar-refractivity contribution is 6.42. The van der Waals surface area contributed by atoms with Gasteiger partial charge in [0.15, 0.2) is 0 Å². The molecule has 0 aromatic heterocycles. The monoisotopic (exact) mass is 558 g/mol. The highest BCUT2D eigenvalue weighted by Gasteiger charge is 2.53. The van der Waals surface area contributed by atoms with Crippen LogP contribution in [0.25, 0.3) is 0 Å². The van der Waals surface area contributed by atoms with E-state index in [2.05, 4.69) is 36.3 Å². The number of carbonyl (C=O) groups is 1. The predicted octanol–water partition coefficient (Wildman–Crippen LogP) is 6.35. The van der Waals surface area contributed by atoms with E-state index in [0.29, 0.717) is 22.5 Å². The lowest BCUT2D eigenvalue weighted by Gasteiger charge is -2.57. The molecule has 0 bridgehead atoms. The van der Waals surface area contributed by atoms with Crippen molar-refractivity contribution in [1.29, 1.82) is 0 Å². The molecule has 1 aliphatic heterocycles. The quantitative estimate of drug-likeness (QED) is 0.364. The van der Waals surface area contributed by atoms with Crippen LogP contribution in [0.1, 0.15) is 44.2 Å². The molecule has 7 heteroatoms. The first-order chi connectivity index (χ1) is 18.2. The minimum atomic E-state index is -0.209. The minimum Gasteiger partial charge on any atom is -0.508 e. The lowest BCUT2D eigenvalue weighted by molar-refractivity contribution is -0.140. The van der Waals surface area contributed by atoms with Crippen molar-refractivity contribution in [3.05, 3.63) is 76.3 Å². The van der Waals surface area contributed by atoms with Crippen LogP contribution in [-0.2, 0) is 21.4 Å². The number of piperidine rings is 1. The second-order valence-electron chi connectivity index (χ2n) is 11.3. The van der Waals surface area contributed by atoms with Gasteiger partial charge in [0.05, 0.1) is 22.6 Å². The number of ether oxygens (including phenoxy) is 1. The molecule has 4 unspecified atom stereocenters. The Morgan fingerprint density at radius 3 is 2.71 bits per heavy atom. The number of fused-ring (bicyclic) bond motifs is 1. The third-order valence-corrected chi connectivity index (χ3v) is 9.10. The van der Waals surface area contributed by atoms with Gasteiger partial charge in [0.1, 0.15) is 5.75 Å². The van der Waals surface area contributed by atoms with Gasteiger partial charge >= 0.3 is 0 Å². The topological polar surface area (TPSA) is 53.0 Å². The maximum atomic E-state index is 13.9. The van der Waals surface area contributed by atoms with Gasteiger partial charge in [0.25, 0.3) is 0 Å². The summed E-state index contributed by atoms with van der Waals surface area (Å²) in [6.07, 6.45) is 4.76. The van der Waals surface area contributed by atoms with E-state index in [1.54, 1.807) is 25.3 Å². The molecule has 0 spiro atoms. The smallest absolute Gasteiger partial charge is 0.227 e. The van der Waals surface area contributed by atoms with Crippen LogP contribution in [0.3, 0.4) is 0 Å². The molecule has 2 aromatic rings. The molecule has 0 radical (unpaired) electrons. The molecule has 206 valence electrons. The summed E-state index contributed by atoms with van der Waals surface area (Å²) in [6.45, 7) is 11.6. The fourth-order valence-electron chi connectivity index (χ4n) is 6.66. The lowest BCUT2D eigenvalue weighted by atomic mass is 9.56. The zero-order chi connectivity index (χ0) is 27.4. The molecule has 2 aromatic carbocycles.